The molecule has 3 rings (SSSR count). The highest BCUT2D eigenvalue weighted by molar-refractivity contribution is 7.99. The Balaban J connectivity index is 1.56. The molecular formula is C16H23NS. The minimum atomic E-state index is 0.491. The molecular weight excluding hydrogens is 238 g/mol. The summed E-state index contributed by atoms with van der Waals surface area (Å²) in [5, 5.41) is 0. The second kappa shape index (κ2) is 5.26. The predicted octanol–water partition coefficient (Wildman–Crippen LogP) is 3.93. The molecule has 0 radical (unpaired) electrons. The lowest BCUT2D eigenvalue weighted by atomic mass is 9.71. The van der Waals surface area contributed by atoms with E-state index < -0.39 is 0 Å². The van der Waals surface area contributed by atoms with Gasteiger partial charge in [-0.1, -0.05) is 24.6 Å². The van der Waals surface area contributed by atoms with E-state index in [1.807, 2.05) is 11.8 Å². The van der Waals surface area contributed by atoms with Crippen LogP contribution < -0.4 is 5.73 Å². The van der Waals surface area contributed by atoms with Crippen molar-refractivity contribution in [2.45, 2.75) is 37.0 Å². The second-order valence-electron chi connectivity index (χ2n) is 6.06. The van der Waals surface area contributed by atoms with Crippen LogP contribution in [0.15, 0.2) is 35.2 Å². The monoisotopic (exact) mass is 261 g/mol. The molecule has 0 amide bonds. The first-order valence-corrected chi connectivity index (χ1v) is 8.19. The normalized spacial score (nSPS) is 34.1. The number of rotatable bonds is 5. The Hall–Kier alpha value is -0.470. The van der Waals surface area contributed by atoms with Gasteiger partial charge in [-0.25, -0.2) is 0 Å². The summed E-state index contributed by atoms with van der Waals surface area (Å²) in [6.07, 6.45) is 7.09. The van der Waals surface area contributed by atoms with Gasteiger partial charge in [0.1, 0.15) is 0 Å². The van der Waals surface area contributed by atoms with Crippen molar-refractivity contribution in [3.05, 3.63) is 30.3 Å². The fourth-order valence-corrected chi connectivity index (χ4v) is 5.20. The predicted molar refractivity (Wildman–Crippen MR) is 78.7 cm³/mol. The molecule has 0 saturated heterocycles. The maximum absolute atomic E-state index is 6.13. The van der Waals surface area contributed by atoms with Gasteiger partial charge in [0, 0.05) is 4.90 Å². The summed E-state index contributed by atoms with van der Waals surface area (Å²) in [5.74, 6) is 3.16. The molecule has 2 aliphatic rings. The van der Waals surface area contributed by atoms with E-state index >= 15 is 0 Å². The summed E-state index contributed by atoms with van der Waals surface area (Å²) in [6.45, 7) is 0.906. The van der Waals surface area contributed by atoms with Crippen LogP contribution in [0.2, 0.25) is 0 Å². The lowest BCUT2D eigenvalue weighted by molar-refractivity contribution is 0.167. The van der Waals surface area contributed by atoms with E-state index in [0.717, 1.165) is 18.4 Å². The van der Waals surface area contributed by atoms with Gasteiger partial charge in [0.2, 0.25) is 0 Å². The van der Waals surface area contributed by atoms with Gasteiger partial charge >= 0.3 is 0 Å². The first kappa shape index (κ1) is 12.6. The molecule has 3 unspecified atom stereocenters. The van der Waals surface area contributed by atoms with Crippen LogP contribution in [-0.4, -0.2) is 12.3 Å². The Labute approximate surface area is 115 Å². The number of benzene rings is 1. The fraction of sp³-hybridized carbons (Fsp3) is 0.625. The molecule has 3 atom stereocenters. The van der Waals surface area contributed by atoms with Crippen LogP contribution in [-0.2, 0) is 0 Å². The minimum Gasteiger partial charge on any atom is -0.330 e. The highest BCUT2D eigenvalue weighted by atomic mass is 32.2. The number of hydrogen-bond acceptors (Lipinski definition) is 2. The molecule has 1 aromatic rings. The van der Waals surface area contributed by atoms with E-state index in [1.54, 1.807) is 0 Å². The van der Waals surface area contributed by atoms with E-state index in [2.05, 4.69) is 30.3 Å². The molecule has 2 N–H and O–H groups in total. The number of fused-ring (bicyclic) bond motifs is 2. The zero-order valence-corrected chi connectivity index (χ0v) is 11.8. The third kappa shape index (κ3) is 2.33. The van der Waals surface area contributed by atoms with Gasteiger partial charge in [0.15, 0.2) is 0 Å². The third-order valence-corrected chi connectivity index (χ3v) is 6.13. The lowest BCUT2D eigenvalue weighted by Gasteiger charge is -2.36. The summed E-state index contributed by atoms with van der Waals surface area (Å²) in [6, 6.07) is 10.7. The molecule has 0 aromatic heterocycles. The quantitative estimate of drug-likeness (QED) is 0.813. The number of thioether (sulfide) groups is 1. The molecule has 2 saturated carbocycles. The van der Waals surface area contributed by atoms with Gasteiger partial charge in [-0.15, -0.1) is 11.8 Å². The lowest BCUT2D eigenvalue weighted by Crippen LogP contribution is -2.36. The van der Waals surface area contributed by atoms with Crippen molar-refractivity contribution in [3.63, 3.8) is 0 Å². The number of hydrogen-bond donors (Lipinski definition) is 1. The van der Waals surface area contributed by atoms with Gasteiger partial charge < -0.3 is 5.73 Å². The zero-order valence-electron chi connectivity index (χ0n) is 11.0. The van der Waals surface area contributed by atoms with E-state index in [-0.39, 0.29) is 0 Å². The largest absolute Gasteiger partial charge is 0.330 e. The average molecular weight is 261 g/mol. The van der Waals surface area contributed by atoms with Crippen molar-refractivity contribution >= 4 is 11.8 Å². The molecule has 0 spiro atoms. The Morgan fingerprint density at radius 3 is 2.67 bits per heavy atom. The van der Waals surface area contributed by atoms with E-state index in [0.29, 0.717) is 5.41 Å². The smallest absolute Gasteiger partial charge is 0.00719 e. The van der Waals surface area contributed by atoms with Crippen LogP contribution in [0.3, 0.4) is 0 Å². The molecule has 1 nitrogen and oxygen atoms in total. The van der Waals surface area contributed by atoms with Crippen LogP contribution in [0.4, 0.5) is 0 Å². The Morgan fingerprint density at radius 1 is 1.22 bits per heavy atom. The van der Waals surface area contributed by atoms with Crippen molar-refractivity contribution in [3.8, 4) is 0 Å². The third-order valence-electron chi connectivity index (χ3n) is 5.12. The van der Waals surface area contributed by atoms with Gasteiger partial charge in [-0.2, -0.15) is 0 Å². The number of nitrogens with two attached hydrogens (primary N) is 1. The standard InChI is InChI=1S/C16H23NS/c17-12-16(11-13-6-7-14(16)10-13)8-9-18-15-4-2-1-3-5-15/h1-5,13-14H,6-12,17H2. The minimum absolute atomic E-state index is 0.491. The summed E-state index contributed by atoms with van der Waals surface area (Å²) in [4.78, 5) is 1.40. The van der Waals surface area contributed by atoms with Crippen molar-refractivity contribution in [1.29, 1.82) is 0 Å². The van der Waals surface area contributed by atoms with Gasteiger partial charge in [0.05, 0.1) is 0 Å². The first-order valence-electron chi connectivity index (χ1n) is 7.20. The first-order chi connectivity index (χ1) is 8.82. The summed E-state index contributed by atoms with van der Waals surface area (Å²) >= 11 is 1.99. The van der Waals surface area contributed by atoms with Crippen LogP contribution in [0.1, 0.15) is 32.1 Å². The zero-order chi connectivity index (χ0) is 12.4. The second-order valence-corrected chi connectivity index (χ2v) is 7.23. The van der Waals surface area contributed by atoms with Crippen LogP contribution >= 0.6 is 11.8 Å². The van der Waals surface area contributed by atoms with Gasteiger partial charge in [-0.3, -0.25) is 0 Å². The van der Waals surface area contributed by atoms with Gasteiger partial charge in [-0.05, 0) is 67.4 Å². The Bertz CT molecular complexity index is 391. The van der Waals surface area contributed by atoms with Crippen LogP contribution in [0, 0.1) is 17.3 Å². The molecule has 2 heteroatoms. The average Bonchev–Trinajstić information content (AvgIpc) is 3.01. The summed E-state index contributed by atoms with van der Waals surface area (Å²) < 4.78 is 0. The molecule has 0 heterocycles. The molecule has 2 aliphatic carbocycles. The maximum atomic E-state index is 6.13. The molecule has 2 bridgehead atoms. The highest BCUT2D eigenvalue weighted by Crippen LogP contribution is 2.57. The van der Waals surface area contributed by atoms with Crippen molar-refractivity contribution < 1.29 is 0 Å². The highest BCUT2D eigenvalue weighted by Gasteiger charge is 2.49. The molecule has 98 valence electrons. The molecule has 2 fully saturated rings. The molecule has 18 heavy (non-hydrogen) atoms. The Kier molecular flexibility index (Phi) is 3.67. The fourth-order valence-electron chi connectivity index (χ4n) is 4.11. The Morgan fingerprint density at radius 2 is 2.06 bits per heavy atom. The molecule has 1 aromatic carbocycles. The molecule has 0 aliphatic heterocycles. The summed E-state index contributed by atoms with van der Waals surface area (Å²) in [5.41, 5.74) is 6.62. The SMILES string of the molecule is NCC1(CCSc2ccccc2)CC2CCC1C2. The summed E-state index contributed by atoms with van der Waals surface area (Å²) in [7, 11) is 0. The van der Waals surface area contributed by atoms with Crippen LogP contribution in [0.25, 0.3) is 0 Å². The van der Waals surface area contributed by atoms with E-state index in [9.17, 15) is 0 Å². The van der Waals surface area contributed by atoms with Gasteiger partial charge in [0.25, 0.3) is 0 Å². The maximum Gasteiger partial charge on any atom is 0.00719 e. The van der Waals surface area contributed by atoms with E-state index in [4.69, 9.17) is 5.73 Å². The van der Waals surface area contributed by atoms with E-state index in [1.165, 1.54) is 42.8 Å². The van der Waals surface area contributed by atoms with Crippen molar-refractivity contribution in [1.82, 2.24) is 0 Å². The van der Waals surface area contributed by atoms with Crippen molar-refractivity contribution in [2.75, 3.05) is 12.3 Å². The topological polar surface area (TPSA) is 26.0 Å². The van der Waals surface area contributed by atoms with Crippen molar-refractivity contribution in [2.24, 2.45) is 23.0 Å². The van der Waals surface area contributed by atoms with Crippen LogP contribution in [0.5, 0.6) is 0 Å².